The van der Waals surface area contributed by atoms with Crippen LogP contribution >= 0.6 is 0 Å². The summed E-state index contributed by atoms with van der Waals surface area (Å²) in [5.74, 6) is 0.556. The van der Waals surface area contributed by atoms with Crippen molar-refractivity contribution in [3.8, 4) is 0 Å². The van der Waals surface area contributed by atoms with Crippen molar-refractivity contribution in [2.45, 2.75) is 50.7 Å². The molecule has 3 unspecified atom stereocenters. The largest absolute Gasteiger partial charge is 0.380 e. The summed E-state index contributed by atoms with van der Waals surface area (Å²) in [5.41, 5.74) is 2.26. The smallest absolute Gasteiger partial charge is 0.243 e. The van der Waals surface area contributed by atoms with Crippen LogP contribution in [-0.4, -0.2) is 72.1 Å². The van der Waals surface area contributed by atoms with Crippen LogP contribution in [0, 0.1) is 0 Å². The molecular weight excluding hydrogens is 454 g/mol. The maximum Gasteiger partial charge on any atom is 0.243 e. The highest BCUT2D eigenvalue weighted by molar-refractivity contribution is 7.88. The van der Waals surface area contributed by atoms with E-state index in [2.05, 4.69) is 49.5 Å². The molecule has 2 aliphatic carbocycles. The SMILES string of the molecule is CCCOCCNC1C=CC(Nc2nc3c(C4=CCC(NS(C)(=O)=O)C=C4)nccn3n2)CC1. The second kappa shape index (κ2) is 11.2. The lowest BCUT2D eigenvalue weighted by Crippen LogP contribution is -2.35. The molecule has 0 spiro atoms. The normalized spacial score (nSPS) is 22.8. The van der Waals surface area contributed by atoms with Crippen LogP contribution in [0.1, 0.15) is 38.3 Å². The Bertz CT molecular complexity index is 1170. The number of anilines is 1. The fourth-order valence-corrected chi connectivity index (χ4v) is 4.80. The zero-order chi connectivity index (χ0) is 24.0. The Hall–Kier alpha value is -2.60. The van der Waals surface area contributed by atoms with Crippen LogP contribution in [-0.2, 0) is 14.8 Å². The van der Waals surface area contributed by atoms with Gasteiger partial charge in [-0.15, -0.1) is 5.10 Å². The number of ether oxygens (including phenoxy) is 1. The van der Waals surface area contributed by atoms with Gasteiger partial charge in [0.1, 0.15) is 5.69 Å². The van der Waals surface area contributed by atoms with Gasteiger partial charge < -0.3 is 15.4 Å². The first-order valence-electron chi connectivity index (χ1n) is 11.7. The van der Waals surface area contributed by atoms with Crippen molar-refractivity contribution >= 4 is 27.2 Å². The highest BCUT2D eigenvalue weighted by atomic mass is 32.2. The monoisotopic (exact) mass is 487 g/mol. The molecule has 2 aromatic rings. The van der Waals surface area contributed by atoms with Gasteiger partial charge in [0.15, 0.2) is 5.65 Å². The predicted molar refractivity (Wildman–Crippen MR) is 133 cm³/mol. The van der Waals surface area contributed by atoms with Crippen molar-refractivity contribution in [3.05, 3.63) is 48.5 Å². The van der Waals surface area contributed by atoms with Crippen LogP contribution < -0.4 is 15.4 Å². The lowest BCUT2D eigenvalue weighted by Gasteiger charge is -2.24. The molecule has 3 N–H and O–H groups in total. The number of aromatic nitrogens is 4. The molecular formula is C23H33N7O3S. The minimum Gasteiger partial charge on any atom is -0.380 e. The number of rotatable bonds is 11. The highest BCUT2D eigenvalue weighted by Gasteiger charge is 2.19. The van der Waals surface area contributed by atoms with E-state index in [0.717, 1.165) is 50.8 Å². The lowest BCUT2D eigenvalue weighted by molar-refractivity contribution is 0.135. The molecule has 0 aromatic carbocycles. The van der Waals surface area contributed by atoms with Gasteiger partial charge in [0.05, 0.1) is 12.9 Å². The van der Waals surface area contributed by atoms with Gasteiger partial charge in [-0.1, -0.05) is 37.3 Å². The molecule has 0 radical (unpaired) electrons. The minimum absolute atomic E-state index is 0.167. The molecule has 2 aliphatic rings. The number of nitrogens with zero attached hydrogens (tertiary/aromatic N) is 4. The number of sulfonamides is 1. The molecule has 184 valence electrons. The maximum atomic E-state index is 11.5. The van der Waals surface area contributed by atoms with Gasteiger partial charge in [-0.2, -0.15) is 4.98 Å². The van der Waals surface area contributed by atoms with Crippen molar-refractivity contribution in [3.63, 3.8) is 0 Å². The van der Waals surface area contributed by atoms with Crippen molar-refractivity contribution in [2.75, 3.05) is 31.3 Å². The van der Waals surface area contributed by atoms with Gasteiger partial charge in [-0.25, -0.2) is 17.7 Å². The zero-order valence-electron chi connectivity index (χ0n) is 19.6. The van der Waals surface area contributed by atoms with Gasteiger partial charge >= 0.3 is 0 Å². The second-order valence-corrected chi connectivity index (χ2v) is 10.4. The Morgan fingerprint density at radius 1 is 1.15 bits per heavy atom. The van der Waals surface area contributed by atoms with Gasteiger partial charge in [0.2, 0.25) is 16.0 Å². The number of hydrogen-bond donors (Lipinski definition) is 3. The standard InChI is InChI=1S/C23H33N7O3S/c1-3-15-33-16-13-24-18-8-10-19(11-9-18)26-23-27-22-21(25-12-14-30(22)28-23)17-4-6-20(7-5-17)29-34(2,31)32/h4-6,8,10,12,14,18-20,24,29H,3,7,9,11,13,15-16H2,1-2H3,(H,26,28). The van der Waals surface area contributed by atoms with Crippen LogP contribution in [0.25, 0.3) is 11.2 Å². The number of fused-ring (bicyclic) bond motifs is 1. The van der Waals surface area contributed by atoms with E-state index >= 15 is 0 Å². The van der Waals surface area contributed by atoms with Crippen LogP contribution in [0.2, 0.25) is 0 Å². The molecule has 34 heavy (non-hydrogen) atoms. The van der Waals surface area contributed by atoms with Crippen LogP contribution in [0.4, 0.5) is 5.95 Å². The quantitative estimate of drug-likeness (QED) is 0.324. The van der Waals surface area contributed by atoms with Crippen LogP contribution in [0.15, 0.2) is 42.8 Å². The van der Waals surface area contributed by atoms with Gasteiger partial charge in [0.25, 0.3) is 0 Å². The molecule has 0 fully saturated rings. The second-order valence-electron chi connectivity index (χ2n) is 8.62. The molecule has 0 saturated heterocycles. The fourth-order valence-electron chi connectivity index (χ4n) is 4.08. The van der Waals surface area contributed by atoms with E-state index in [4.69, 9.17) is 4.74 Å². The summed E-state index contributed by atoms with van der Waals surface area (Å²) in [5, 5.41) is 11.5. The summed E-state index contributed by atoms with van der Waals surface area (Å²) >= 11 is 0. The fraction of sp³-hybridized carbons (Fsp3) is 0.522. The summed E-state index contributed by atoms with van der Waals surface area (Å²) < 4.78 is 32.8. The zero-order valence-corrected chi connectivity index (χ0v) is 20.5. The van der Waals surface area contributed by atoms with E-state index in [1.54, 1.807) is 16.9 Å². The molecule has 2 aromatic heterocycles. The van der Waals surface area contributed by atoms with Crippen LogP contribution in [0.5, 0.6) is 0 Å². The van der Waals surface area contributed by atoms with Gasteiger partial charge in [0, 0.05) is 43.7 Å². The molecule has 0 saturated carbocycles. The van der Waals surface area contributed by atoms with E-state index in [-0.39, 0.29) is 12.1 Å². The first-order chi connectivity index (χ1) is 16.4. The summed E-state index contributed by atoms with van der Waals surface area (Å²) in [7, 11) is -3.26. The summed E-state index contributed by atoms with van der Waals surface area (Å²) in [6, 6.07) is 0.271. The van der Waals surface area contributed by atoms with E-state index in [9.17, 15) is 8.42 Å². The molecule has 0 bridgehead atoms. The van der Waals surface area contributed by atoms with Crippen molar-refractivity contribution < 1.29 is 13.2 Å². The summed E-state index contributed by atoms with van der Waals surface area (Å²) in [6.45, 7) is 4.51. The topological polar surface area (TPSA) is 123 Å². The minimum atomic E-state index is -3.26. The predicted octanol–water partition coefficient (Wildman–Crippen LogP) is 1.90. The molecule has 3 atom stereocenters. The molecule has 10 nitrogen and oxygen atoms in total. The van der Waals surface area contributed by atoms with E-state index in [0.29, 0.717) is 29.8 Å². The third-order valence-electron chi connectivity index (χ3n) is 5.67. The van der Waals surface area contributed by atoms with Crippen molar-refractivity contribution in [1.82, 2.24) is 29.6 Å². The van der Waals surface area contributed by atoms with Gasteiger partial charge in [-0.05, 0) is 31.3 Å². The van der Waals surface area contributed by atoms with E-state index in [1.165, 1.54) is 0 Å². The molecule has 11 heteroatoms. The number of allylic oxidation sites excluding steroid dienone is 2. The third kappa shape index (κ3) is 6.72. The maximum absolute atomic E-state index is 11.5. The molecule has 4 rings (SSSR count). The number of hydrogen-bond acceptors (Lipinski definition) is 8. The highest BCUT2D eigenvalue weighted by Crippen LogP contribution is 2.24. The summed E-state index contributed by atoms with van der Waals surface area (Å²) in [4.78, 5) is 9.19. The van der Waals surface area contributed by atoms with Crippen molar-refractivity contribution in [2.24, 2.45) is 0 Å². The van der Waals surface area contributed by atoms with Crippen LogP contribution in [0.3, 0.4) is 0 Å². The van der Waals surface area contributed by atoms with E-state index < -0.39 is 10.0 Å². The Kier molecular flexibility index (Phi) is 8.09. The van der Waals surface area contributed by atoms with Crippen molar-refractivity contribution in [1.29, 1.82) is 0 Å². The third-order valence-corrected chi connectivity index (χ3v) is 6.40. The van der Waals surface area contributed by atoms with E-state index in [1.807, 2.05) is 18.2 Å². The molecule has 0 aliphatic heterocycles. The Labute approximate surface area is 200 Å². The average Bonchev–Trinajstić information content (AvgIpc) is 3.22. The Morgan fingerprint density at radius 3 is 2.68 bits per heavy atom. The Balaban J connectivity index is 1.37. The molecule has 2 heterocycles. The average molecular weight is 488 g/mol. The Morgan fingerprint density at radius 2 is 1.97 bits per heavy atom. The van der Waals surface area contributed by atoms with Gasteiger partial charge in [-0.3, -0.25) is 4.98 Å². The first-order valence-corrected chi connectivity index (χ1v) is 13.6. The lowest BCUT2D eigenvalue weighted by atomic mass is 9.99. The molecule has 0 amide bonds. The first kappa shape index (κ1) is 24.5. The number of nitrogens with one attached hydrogen (secondary N) is 3. The summed E-state index contributed by atoms with van der Waals surface area (Å²) in [6.07, 6.45) is 18.3.